The molecule has 0 amide bonds. The highest BCUT2D eigenvalue weighted by Gasteiger charge is 2.32. The Kier molecular flexibility index (Phi) is 4.31. The lowest BCUT2D eigenvalue weighted by Gasteiger charge is -2.18. The van der Waals surface area contributed by atoms with E-state index in [1.54, 1.807) is 11.3 Å². The molecule has 2 aromatic rings. The van der Waals surface area contributed by atoms with Crippen LogP contribution in [0.5, 0.6) is 0 Å². The van der Waals surface area contributed by atoms with Gasteiger partial charge in [0.15, 0.2) is 0 Å². The average molecular weight is 307 g/mol. The second kappa shape index (κ2) is 6.36. The molecule has 1 saturated carbocycles. The molecule has 1 aliphatic rings. The molecular formula is C14H17N3O3S. The van der Waals surface area contributed by atoms with Gasteiger partial charge in [-0.05, 0) is 31.2 Å². The maximum Gasteiger partial charge on any atom is 0.320 e. The molecule has 0 saturated heterocycles. The average Bonchev–Trinajstić information content (AvgIpc) is 2.98. The highest BCUT2D eigenvalue weighted by Crippen LogP contribution is 2.28. The van der Waals surface area contributed by atoms with E-state index < -0.39 is 0 Å². The topological polar surface area (TPSA) is 68.5 Å². The fourth-order valence-corrected chi connectivity index (χ4v) is 2.77. The van der Waals surface area contributed by atoms with Gasteiger partial charge in [0.2, 0.25) is 11.7 Å². The quantitative estimate of drug-likeness (QED) is 0.731. The summed E-state index contributed by atoms with van der Waals surface area (Å²) in [6.07, 6.45) is 2.21. The Morgan fingerprint density at radius 2 is 2.43 bits per heavy atom. The molecular weight excluding hydrogens is 290 g/mol. The highest BCUT2D eigenvalue weighted by atomic mass is 32.1. The van der Waals surface area contributed by atoms with Gasteiger partial charge in [-0.1, -0.05) is 11.2 Å². The molecule has 6 nitrogen and oxygen atoms in total. The second-order valence-electron chi connectivity index (χ2n) is 4.93. The number of ether oxygens (including phenoxy) is 1. The Hall–Kier alpha value is -1.73. The molecule has 0 bridgehead atoms. The predicted octanol–water partition coefficient (Wildman–Crippen LogP) is 2.33. The first-order valence-electron chi connectivity index (χ1n) is 7.02. The number of nitrogens with zero attached hydrogens (tertiary/aromatic N) is 3. The SMILES string of the molecule is CCOC(=O)CN(Cc1nc(-c2cccs2)no1)C1CC1. The van der Waals surface area contributed by atoms with Crippen LogP contribution in [0.4, 0.5) is 0 Å². The summed E-state index contributed by atoms with van der Waals surface area (Å²) in [6, 6.07) is 4.33. The lowest BCUT2D eigenvalue weighted by Crippen LogP contribution is -2.32. The molecule has 0 N–H and O–H groups in total. The van der Waals surface area contributed by atoms with Gasteiger partial charge in [0.05, 0.1) is 24.6 Å². The number of hydrogen-bond donors (Lipinski definition) is 0. The minimum absolute atomic E-state index is 0.206. The third-order valence-electron chi connectivity index (χ3n) is 3.25. The smallest absolute Gasteiger partial charge is 0.320 e. The van der Waals surface area contributed by atoms with Crippen molar-refractivity contribution in [2.45, 2.75) is 32.4 Å². The van der Waals surface area contributed by atoms with Crippen molar-refractivity contribution in [2.24, 2.45) is 0 Å². The van der Waals surface area contributed by atoms with Crippen LogP contribution in [0.2, 0.25) is 0 Å². The van der Waals surface area contributed by atoms with E-state index >= 15 is 0 Å². The van der Waals surface area contributed by atoms with Gasteiger partial charge in [0, 0.05) is 6.04 Å². The first kappa shape index (κ1) is 14.2. The van der Waals surface area contributed by atoms with Gasteiger partial charge in [-0.3, -0.25) is 9.69 Å². The van der Waals surface area contributed by atoms with Crippen LogP contribution >= 0.6 is 11.3 Å². The van der Waals surface area contributed by atoms with Crippen LogP contribution < -0.4 is 0 Å². The monoisotopic (exact) mass is 307 g/mol. The molecule has 3 rings (SSSR count). The first-order valence-corrected chi connectivity index (χ1v) is 7.90. The van der Waals surface area contributed by atoms with Gasteiger partial charge in [-0.15, -0.1) is 11.3 Å². The molecule has 0 unspecified atom stereocenters. The van der Waals surface area contributed by atoms with E-state index in [0.29, 0.717) is 30.9 Å². The third-order valence-corrected chi connectivity index (χ3v) is 4.11. The van der Waals surface area contributed by atoms with Crippen molar-refractivity contribution in [2.75, 3.05) is 13.2 Å². The molecule has 1 aliphatic carbocycles. The Bertz CT molecular complexity index is 592. The summed E-state index contributed by atoms with van der Waals surface area (Å²) in [5.74, 6) is 0.934. The zero-order chi connectivity index (χ0) is 14.7. The molecule has 112 valence electrons. The molecule has 0 aliphatic heterocycles. The van der Waals surface area contributed by atoms with Gasteiger partial charge in [0.25, 0.3) is 0 Å². The van der Waals surface area contributed by atoms with Crippen LogP contribution in [0.25, 0.3) is 10.7 Å². The number of hydrogen-bond acceptors (Lipinski definition) is 7. The normalized spacial score (nSPS) is 14.6. The highest BCUT2D eigenvalue weighted by molar-refractivity contribution is 7.13. The maximum atomic E-state index is 11.6. The van der Waals surface area contributed by atoms with Crippen LogP contribution in [-0.4, -0.2) is 40.2 Å². The molecule has 2 heterocycles. The molecule has 7 heteroatoms. The Morgan fingerprint density at radius 1 is 1.57 bits per heavy atom. The fourth-order valence-electron chi connectivity index (χ4n) is 2.12. The number of carbonyl (C=O) groups excluding carboxylic acids is 1. The molecule has 0 aromatic carbocycles. The van der Waals surface area contributed by atoms with E-state index in [1.807, 2.05) is 29.3 Å². The van der Waals surface area contributed by atoms with E-state index in [2.05, 4.69) is 10.1 Å². The summed E-state index contributed by atoms with van der Waals surface area (Å²) >= 11 is 1.57. The van der Waals surface area contributed by atoms with Crippen molar-refractivity contribution in [3.8, 4) is 10.7 Å². The van der Waals surface area contributed by atoms with E-state index in [1.165, 1.54) is 0 Å². The Labute approximate surface area is 126 Å². The summed E-state index contributed by atoms with van der Waals surface area (Å²) in [5.41, 5.74) is 0. The van der Waals surface area contributed by atoms with E-state index in [-0.39, 0.29) is 12.5 Å². The Balaban J connectivity index is 1.64. The van der Waals surface area contributed by atoms with Gasteiger partial charge in [0.1, 0.15) is 0 Å². The summed E-state index contributed by atoms with van der Waals surface area (Å²) in [4.78, 5) is 19.1. The zero-order valence-electron chi connectivity index (χ0n) is 11.8. The van der Waals surface area contributed by atoms with Crippen molar-refractivity contribution < 1.29 is 14.1 Å². The molecule has 1 fully saturated rings. The van der Waals surface area contributed by atoms with E-state index in [0.717, 1.165) is 17.7 Å². The van der Waals surface area contributed by atoms with Crippen molar-refractivity contribution in [3.05, 3.63) is 23.4 Å². The van der Waals surface area contributed by atoms with E-state index in [9.17, 15) is 4.79 Å². The number of aromatic nitrogens is 2. The van der Waals surface area contributed by atoms with Crippen molar-refractivity contribution in [1.82, 2.24) is 15.0 Å². The van der Waals surface area contributed by atoms with Gasteiger partial charge in [-0.25, -0.2) is 0 Å². The van der Waals surface area contributed by atoms with Crippen molar-refractivity contribution in [3.63, 3.8) is 0 Å². The van der Waals surface area contributed by atoms with Crippen molar-refractivity contribution >= 4 is 17.3 Å². The number of esters is 1. The molecule has 2 aromatic heterocycles. The van der Waals surface area contributed by atoms with Crippen molar-refractivity contribution in [1.29, 1.82) is 0 Å². The van der Waals surface area contributed by atoms with Crippen LogP contribution in [0, 0.1) is 0 Å². The standard InChI is InChI=1S/C14H17N3O3S/c1-2-19-13(18)9-17(10-5-6-10)8-12-15-14(16-20-12)11-4-3-7-21-11/h3-4,7,10H,2,5-6,8-9H2,1H3. The number of thiophene rings is 1. The van der Waals surface area contributed by atoms with Gasteiger partial charge in [-0.2, -0.15) is 4.98 Å². The lowest BCUT2D eigenvalue weighted by molar-refractivity contribution is -0.144. The van der Waals surface area contributed by atoms with Crippen LogP contribution in [0.15, 0.2) is 22.0 Å². The summed E-state index contributed by atoms with van der Waals surface area (Å²) in [7, 11) is 0. The third kappa shape index (κ3) is 3.68. The van der Waals surface area contributed by atoms with Gasteiger partial charge < -0.3 is 9.26 Å². The Morgan fingerprint density at radius 3 is 3.10 bits per heavy atom. The first-order chi connectivity index (χ1) is 10.3. The second-order valence-corrected chi connectivity index (χ2v) is 5.88. The number of rotatable bonds is 7. The minimum atomic E-state index is -0.206. The van der Waals surface area contributed by atoms with Gasteiger partial charge >= 0.3 is 5.97 Å². The van der Waals surface area contributed by atoms with Crippen LogP contribution in [-0.2, 0) is 16.1 Å². The molecule has 0 atom stereocenters. The fraction of sp³-hybridized carbons (Fsp3) is 0.500. The molecule has 0 radical (unpaired) electrons. The van der Waals surface area contributed by atoms with Crippen LogP contribution in [0.1, 0.15) is 25.7 Å². The minimum Gasteiger partial charge on any atom is -0.465 e. The predicted molar refractivity (Wildman–Crippen MR) is 77.7 cm³/mol. The lowest BCUT2D eigenvalue weighted by atomic mass is 10.4. The maximum absolute atomic E-state index is 11.6. The number of carbonyl (C=O) groups is 1. The molecule has 21 heavy (non-hydrogen) atoms. The van der Waals surface area contributed by atoms with E-state index in [4.69, 9.17) is 9.26 Å². The summed E-state index contributed by atoms with van der Waals surface area (Å²) < 4.78 is 10.3. The molecule has 0 spiro atoms. The zero-order valence-corrected chi connectivity index (χ0v) is 12.6. The largest absolute Gasteiger partial charge is 0.465 e. The summed E-state index contributed by atoms with van der Waals surface area (Å²) in [5, 5.41) is 5.96. The van der Waals surface area contributed by atoms with Crippen LogP contribution in [0.3, 0.4) is 0 Å². The summed E-state index contributed by atoms with van der Waals surface area (Å²) in [6.45, 7) is 2.97.